The van der Waals surface area contributed by atoms with Gasteiger partial charge in [-0.3, -0.25) is 0 Å². The Bertz CT molecular complexity index is 588. The molecular weight excluding hydrogens is 287 g/mol. The van der Waals surface area contributed by atoms with E-state index in [9.17, 15) is 0 Å². The van der Waals surface area contributed by atoms with Crippen molar-refractivity contribution < 1.29 is 0 Å². The van der Waals surface area contributed by atoms with Crippen molar-refractivity contribution in [2.75, 3.05) is 5.44 Å². The molecule has 2 nitrogen and oxygen atoms in total. The summed E-state index contributed by atoms with van der Waals surface area (Å²) in [5.74, 6) is 0.863. The molecule has 0 saturated carbocycles. The molecule has 0 atom stereocenters. The topological polar surface area (TPSA) is 24.7 Å². The van der Waals surface area contributed by atoms with Gasteiger partial charge in [0.05, 0.1) is 0 Å². The number of rotatable bonds is 2. The van der Waals surface area contributed by atoms with E-state index in [1.54, 1.807) is 0 Å². The summed E-state index contributed by atoms with van der Waals surface area (Å²) in [5.41, 5.74) is 3.20. The van der Waals surface area contributed by atoms with E-state index in [1.165, 1.54) is 10.2 Å². The molecule has 0 aliphatic carbocycles. The summed E-state index contributed by atoms with van der Waals surface area (Å²) in [6, 6.07) is 20.6. The summed E-state index contributed by atoms with van der Waals surface area (Å²) in [7, 11) is 0. The van der Waals surface area contributed by atoms with Crippen LogP contribution in [-0.2, 0) is 0 Å². The molecule has 0 amide bonds. The van der Waals surface area contributed by atoms with E-state index < -0.39 is 0 Å². The first kappa shape index (κ1) is 11.4. The second-order valence-electron chi connectivity index (χ2n) is 3.90. The van der Waals surface area contributed by atoms with Gasteiger partial charge in [0.15, 0.2) is 0 Å². The van der Waals surface area contributed by atoms with Crippen molar-refractivity contribution >= 4 is 25.4 Å². The minimum atomic E-state index is 0.347. The van der Waals surface area contributed by atoms with Gasteiger partial charge in [-0.25, -0.2) is 0 Å². The zero-order chi connectivity index (χ0) is 12.2. The van der Waals surface area contributed by atoms with E-state index in [-0.39, 0.29) is 0 Å². The Balaban J connectivity index is 1.95. The number of hydrogen-bond donors (Lipinski definition) is 0. The molecule has 88 valence electrons. The van der Waals surface area contributed by atoms with Crippen LogP contribution in [0.15, 0.2) is 70.6 Å². The number of hydrogen-bond acceptors (Lipinski definition) is 2. The number of amidine groups is 1. The molecule has 0 aromatic heterocycles. The summed E-state index contributed by atoms with van der Waals surface area (Å²) in [5, 5.41) is 0. The molecule has 0 bridgehead atoms. The van der Waals surface area contributed by atoms with Gasteiger partial charge in [-0.05, 0) is 0 Å². The SMILES string of the molecule is c1ccc(C2=NC[Se]C(c3ccccc3)=N2)cc1. The molecular formula is C15H12N2Se. The van der Waals surface area contributed by atoms with Gasteiger partial charge in [-0.15, -0.1) is 0 Å². The van der Waals surface area contributed by atoms with Gasteiger partial charge in [0.25, 0.3) is 0 Å². The zero-order valence-electron chi connectivity index (χ0n) is 9.78. The minimum absolute atomic E-state index is 0.347. The molecule has 3 rings (SSSR count). The van der Waals surface area contributed by atoms with E-state index in [0.717, 1.165) is 16.8 Å². The van der Waals surface area contributed by atoms with Crippen LogP contribution < -0.4 is 0 Å². The van der Waals surface area contributed by atoms with Gasteiger partial charge in [0.1, 0.15) is 0 Å². The first-order chi connectivity index (χ1) is 8.93. The fraction of sp³-hybridized carbons (Fsp3) is 0.0667. The Kier molecular flexibility index (Phi) is 3.35. The third kappa shape index (κ3) is 2.42. The fourth-order valence-electron chi connectivity index (χ4n) is 1.79. The summed E-state index contributed by atoms with van der Waals surface area (Å²) >= 11 is 0.347. The van der Waals surface area contributed by atoms with Crippen molar-refractivity contribution in [2.45, 2.75) is 0 Å². The van der Waals surface area contributed by atoms with Crippen LogP contribution in [0.3, 0.4) is 0 Å². The van der Waals surface area contributed by atoms with Crippen LogP contribution >= 0.6 is 0 Å². The van der Waals surface area contributed by atoms with Crippen LogP contribution in [0.4, 0.5) is 0 Å². The maximum atomic E-state index is 4.72. The molecule has 3 heteroatoms. The van der Waals surface area contributed by atoms with E-state index >= 15 is 0 Å². The van der Waals surface area contributed by atoms with Crippen molar-refractivity contribution in [2.24, 2.45) is 9.98 Å². The van der Waals surface area contributed by atoms with Gasteiger partial charge in [0.2, 0.25) is 0 Å². The van der Waals surface area contributed by atoms with Crippen molar-refractivity contribution in [1.82, 2.24) is 0 Å². The second-order valence-corrected chi connectivity index (χ2v) is 5.86. The quantitative estimate of drug-likeness (QED) is 0.762. The van der Waals surface area contributed by atoms with Crippen LogP contribution in [-0.4, -0.2) is 30.8 Å². The predicted octanol–water partition coefficient (Wildman–Crippen LogP) is 2.56. The molecule has 18 heavy (non-hydrogen) atoms. The van der Waals surface area contributed by atoms with Crippen molar-refractivity contribution in [1.29, 1.82) is 0 Å². The Morgan fingerprint density at radius 1 is 0.778 bits per heavy atom. The van der Waals surface area contributed by atoms with E-state index in [2.05, 4.69) is 41.4 Å². The molecule has 2 aromatic carbocycles. The first-order valence-electron chi connectivity index (χ1n) is 5.80. The standard InChI is InChI=1S/C15H12N2Se/c1-3-7-12(8-4-1)14-16-11-18-15(17-14)13-9-5-2-6-10-13/h1-10H,11H2. The van der Waals surface area contributed by atoms with Gasteiger partial charge in [-0.1, -0.05) is 0 Å². The average molecular weight is 299 g/mol. The molecule has 0 radical (unpaired) electrons. The van der Waals surface area contributed by atoms with Crippen LogP contribution in [0.2, 0.25) is 0 Å². The average Bonchev–Trinajstić information content (AvgIpc) is 2.49. The van der Waals surface area contributed by atoms with E-state index in [1.807, 2.05) is 24.3 Å². The molecule has 0 saturated heterocycles. The monoisotopic (exact) mass is 300 g/mol. The van der Waals surface area contributed by atoms with E-state index in [0.29, 0.717) is 15.0 Å². The maximum absolute atomic E-state index is 4.72. The molecule has 0 fully saturated rings. The molecule has 0 unspecified atom stereocenters. The van der Waals surface area contributed by atoms with Gasteiger partial charge in [0, 0.05) is 0 Å². The Morgan fingerprint density at radius 2 is 1.39 bits per heavy atom. The summed E-state index contributed by atoms with van der Waals surface area (Å²) in [6.45, 7) is 0. The normalized spacial score (nSPS) is 14.9. The molecule has 0 N–H and O–H groups in total. The molecule has 1 aliphatic rings. The van der Waals surface area contributed by atoms with Crippen LogP contribution in [0.1, 0.15) is 11.1 Å². The zero-order valence-corrected chi connectivity index (χ0v) is 11.5. The second kappa shape index (κ2) is 5.30. The Labute approximate surface area is 113 Å². The van der Waals surface area contributed by atoms with Crippen molar-refractivity contribution in [3.8, 4) is 0 Å². The van der Waals surface area contributed by atoms with E-state index in [4.69, 9.17) is 4.99 Å². The Hall–Kier alpha value is -1.70. The van der Waals surface area contributed by atoms with Gasteiger partial charge in [-0.2, -0.15) is 0 Å². The Morgan fingerprint density at radius 3 is 2.06 bits per heavy atom. The number of nitrogens with zero attached hydrogens (tertiary/aromatic N) is 2. The summed E-state index contributed by atoms with van der Waals surface area (Å²) in [6.07, 6.45) is 0. The molecule has 1 heterocycles. The molecule has 0 spiro atoms. The fourth-order valence-corrected chi connectivity index (χ4v) is 3.39. The van der Waals surface area contributed by atoms with Gasteiger partial charge >= 0.3 is 113 Å². The molecule has 1 aliphatic heterocycles. The number of aliphatic imine (C=N–C) groups is 2. The van der Waals surface area contributed by atoms with Gasteiger partial charge < -0.3 is 0 Å². The van der Waals surface area contributed by atoms with Crippen molar-refractivity contribution in [3.63, 3.8) is 0 Å². The van der Waals surface area contributed by atoms with Crippen LogP contribution in [0, 0.1) is 0 Å². The van der Waals surface area contributed by atoms with Crippen LogP contribution in [0.25, 0.3) is 0 Å². The first-order valence-corrected chi connectivity index (χ1v) is 7.87. The summed E-state index contributed by atoms with van der Waals surface area (Å²) in [4.78, 5) is 9.25. The van der Waals surface area contributed by atoms with Crippen LogP contribution in [0.5, 0.6) is 0 Å². The molecule has 2 aromatic rings. The van der Waals surface area contributed by atoms with Crippen molar-refractivity contribution in [3.05, 3.63) is 71.8 Å². The summed E-state index contributed by atoms with van der Waals surface area (Å²) < 4.78 is 1.19. The third-order valence-corrected chi connectivity index (χ3v) is 4.48. The number of benzene rings is 2. The predicted molar refractivity (Wildman–Crippen MR) is 76.6 cm³/mol. The third-order valence-electron chi connectivity index (χ3n) is 2.68.